The lowest BCUT2D eigenvalue weighted by atomic mass is 10.0. The number of carbonyl (C=O) groups excluding carboxylic acids is 1. The summed E-state index contributed by atoms with van der Waals surface area (Å²) in [6, 6.07) is 0. The Labute approximate surface area is 153 Å². The number of hydrogen-bond donors (Lipinski definition) is 3. The molecule has 0 radical (unpaired) electrons. The van der Waals surface area contributed by atoms with Crippen molar-refractivity contribution in [2.45, 2.75) is 59.5 Å². The molecule has 0 aromatic heterocycles. The number of aliphatic hydroxyl groups is 1. The number of nitrogens with one attached hydrogen (secondary N) is 2. The van der Waals surface area contributed by atoms with E-state index < -0.39 is 5.60 Å². The molecule has 0 aliphatic carbocycles. The van der Waals surface area contributed by atoms with Crippen LogP contribution in [0, 0.1) is 5.92 Å². The predicted molar refractivity (Wildman–Crippen MR) is 103 cm³/mol. The first kappa shape index (κ1) is 23.5. The zero-order chi connectivity index (χ0) is 19.3. The molecular formula is C18H38N4O3. The van der Waals surface area contributed by atoms with E-state index in [0.29, 0.717) is 25.6 Å². The number of nitrogens with zero attached hydrogens (tertiary/aromatic N) is 2. The summed E-state index contributed by atoms with van der Waals surface area (Å²) in [5, 5.41) is 15.6. The highest BCUT2D eigenvalue weighted by atomic mass is 16.6. The Morgan fingerprint density at radius 3 is 2.44 bits per heavy atom. The van der Waals surface area contributed by atoms with Crippen molar-refractivity contribution in [2.75, 3.05) is 39.8 Å². The first-order chi connectivity index (χ1) is 11.7. The van der Waals surface area contributed by atoms with Gasteiger partial charge in [-0.1, -0.05) is 13.3 Å². The number of carbonyl (C=O) groups is 1. The van der Waals surface area contributed by atoms with Gasteiger partial charge in [-0.25, -0.2) is 4.79 Å². The van der Waals surface area contributed by atoms with E-state index in [-0.39, 0.29) is 12.7 Å². The van der Waals surface area contributed by atoms with Crippen molar-refractivity contribution in [2.24, 2.45) is 10.9 Å². The van der Waals surface area contributed by atoms with E-state index in [4.69, 9.17) is 9.84 Å². The molecule has 0 aliphatic heterocycles. The van der Waals surface area contributed by atoms with E-state index in [1.54, 1.807) is 11.9 Å². The Morgan fingerprint density at radius 2 is 1.92 bits per heavy atom. The number of aliphatic imine (C=N–C) groups is 1. The van der Waals surface area contributed by atoms with Crippen LogP contribution in [0.3, 0.4) is 0 Å². The minimum absolute atomic E-state index is 0.199. The Hall–Kier alpha value is -1.50. The molecule has 0 fully saturated rings. The molecule has 1 atom stereocenters. The molecule has 148 valence electrons. The topological polar surface area (TPSA) is 86.2 Å². The monoisotopic (exact) mass is 358 g/mol. The smallest absolute Gasteiger partial charge is 0.410 e. The maximum absolute atomic E-state index is 11.9. The van der Waals surface area contributed by atoms with Crippen LogP contribution in [0.25, 0.3) is 0 Å². The van der Waals surface area contributed by atoms with Crippen LogP contribution < -0.4 is 10.6 Å². The molecule has 1 unspecified atom stereocenters. The van der Waals surface area contributed by atoms with Crippen molar-refractivity contribution in [1.82, 2.24) is 15.5 Å². The quantitative estimate of drug-likeness (QED) is 0.412. The summed E-state index contributed by atoms with van der Waals surface area (Å²) in [7, 11) is 1.72. The molecule has 0 aromatic carbocycles. The van der Waals surface area contributed by atoms with Gasteiger partial charge in [-0.2, -0.15) is 0 Å². The van der Waals surface area contributed by atoms with Crippen LogP contribution >= 0.6 is 0 Å². The van der Waals surface area contributed by atoms with Gasteiger partial charge in [0.15, 0.2) is 5.96 Å². The van der Waals surface area contributed by atoms with Crippen molar-refractivity contribution in [1.29, 1.82) is 0 Å². The fraction of sp³-hybridized carbons (Fsp3) is 0.889. The predicted octanol–water partition coefficient (Wildman–Crippen LogP) is 2.21. The number of likely N-dealkylation sites (N-methyl/N-ethyl adjacent to an activating group) is 1. The van der Waals surface area contributed by atoms with E-state index in [0.717, 1.165) is 31.8 Å². The lowest BCUT2D eigenvalue weighted by molar-refractivity contribution is 0.0302. The Balaban J connectivity index is 4.42. The third-order valence-corrected chi connectivity index (χ3v) is 3.53. The normalized spacial score (nSPS) is 13.3. The zero-order valence-corrected chi connectivity index (χ0v) is 16.9. The summed E-state index contributed by atoms with van der Waals surface area (Å²) in [6.07, 6.45) is 2.59. The standard InChI is InChI=1S/C18H38N4O3/c1-7-9-15(10-13-23)14-21-16(19-8-2)20-11-12-22(6)17(24)25-18(3,4)5/h15,23H,7-14H2,1-6H3,(H2,19,20,21). The number of rotatable bonds is 10. The van der Waals surface area contributed by atoms with Crippen LogP contribution in [-0.2, 0) is 4.74 Å². The Bertz CT molecular complexity index is 388. The molecule has 7 nitrogen and oxygen atoms in total. The zero-order valence-electron chi connectivity index (χ0n) is 16.9. The number of amides is 1. The van der Waals surface area contributed by atoms with Crippen molar-refractivity contribution >= 4 is 12.1 Å². The third-order valence-electron chi connectivity index (χ3n) is 3.53. The van der Waals surface area contributed by atoms with Crippen LogP contribution in [0.15, 0.2) is 4.99 Å². The van der Waals surface area contributed by atoms with Crippen LogP contribution in [0.1, 0.15) is 53.9 Å². The first-order valence-electron chi connectivity index (χ1n) is 9.30. The highest BCUT2D eigenvalue weighted by Gasteiger charge is 2.19. The van der Waals surface area contributed by atoms with Crippen LogP contribution in [0.5, 0.6) is 0 Å². The lowest BCUT2D eigenvalue weighted by Crippen LogP contribution is -2.43. The second-order valence-corrected chi connectivity index (χ2v) is 7.22. The lowest BCUT2D eigenvalue weighted by Gasteiger charge is -2.25. The van der Waals surface area contributed by atoms with Crippen molar-refractivity contribution < 1.29 is 14.6 Å². The average Bonchev–Trinajstić information content (AvgIpc) is 2.51. The van der Waals surface area contributed by atoms with E-state index >= 15 is 0 Å². The maximum atomic E-state index is 11.9. The first-order valence-corrected chi connectivity index (χ1v) is 9.30. The highest BCUT2D eigenvalue weighted by molar-refractivity contribution is 5.79. The molecule has 0 saturated heterocycles. The maximum Gasteiger partial charge on any atom is 0.410 e. The van der Waals surface area contributed by atoms with E-state index in [2.05, 4.69) is 22.5 Å². The molecule has 0 aromatic rings. The van der Waals surface area contributed by atoms with Gasteiger partial charge in [-0.3, -0.25) is 4.99 Å². The van der Waals surface area contributed by atoms with Gasteiger partial charge in [-0.05, 0) is 46.5 Å². The molecule has 3 N–H and O–H groups in total. The van der Waals surface area contributed by atoms with Crippen LogP contribution in [0.2, 0.25) is 0 Å². The van der Waals surface area contributed by atoms with Gasteiger partial charge in [0.05, 0.1) is 0 Å². The summed E-state index contributed by atoms with van der Waals surface area (Å²) < 4.78 is 5.33. The molecule has 1 amide bonds. The van der Waals surface area contributed by atoms with Gasteiger partial charge in [0.25, 0.3) is 0 Å². The van der Waals surface area contributed by atoms with Gasteiger partial charge in [0.1, 0.15) is 5.60 Å². The van der Waals surface area contributed by atoms with Crippen molar-refractivity contribution in [3.05, 3.63) is 0 Å². The van der Waals surface area contributed by atoms with Gasteiger partial charge >= 0.3 is 6.09 Å². The second kappa shape index (κ2) is 12.8. The number of guanidine groups is 1. The Morgan fingerprint density at radius 1 is 1.24 bits per heavy atom. The van der Waals surface area contributed by atoms with Gasteiger partial charge in [0.2, 0.25) is 0 Å². The van der Waals surface area contributed by atoms with E-state index in [1.807, 2.05) is 27.7 Å². The minimum Gasteiger partial charge on any atom is -0.444 e. The average molecular weight is 359 g/mol. The molecule has 0 aliphatic rings. The third kappa shape index (κ3) is 12.5. The molecule has 0 spiro atoms. The number of hydrogen-bond acceptors (Lipinski definition) is 4. The molecule has 25 heavy (non-hydrogen) atoms. The fourth-order valence-corrected chi connectivity index (χ4v) is 2.25. The van der Waals surface area contributed by atoms with Crippen molar-refractivity contribution in [3.8, 4) is 0 Å². The summed E-state index contributed by atoms with van der Waals surface area (Å²) in [4.78, 5) is 18.1. The molecule has 0 rings (SSSR count). The molecule has 0 saturated carbocycles. The van der Waals surface area contributed by atoms with Gasteiger partial charge in [-0.15, -0.1) is 0 Å². The largest absolute Gasteiger partial charge is 0.444 e. The minimum atomic E-state index is -0.490. The van der Waals surface area contributed by atoms with Crippen molar-refractivity contribution in [3.63, 3.8) is 0 Å². The Kier molecular flexibility index (Phi) is 12.0. The van der Waals surface area contributed by atoms with Crippen LogP contribution in [-0.4, -0.2) is 67.5 Å². The van der Waals surface area contributed by atoms with Crippen LogP contribution in [0.4, 0.5) is 4.79 Å². The van der Waals surface area contributed by atoms with Gasteiger partial charge in [0, 0.05) is 39.8 Å². The molecular weight excluding hydrogens is 320 g/mol. The second-order valence-electron chi connectivity index (χ2n) is 7.22. The summed E-state index contributed by atoms with van der Waals surface area (Å²) in [5.41, 5.74) is -0.490. The van der Waals surface area contributed by atoms with E-state index in [1.165, 1.54) is 0 Å². The number of aliphatic hydroxyl groups excluding tert-OH is 1. The van der Waals surface area contributed by atoms with E-state index in [9.17, 15) is 4.79 Å². The molecule has 7 heteroatoms. The SMILES string of the molecule is CCCC(CCO)CN=C(NCC)NCCN(C)C(=O)OC(C)(C)C. The summed E-state index contributed by atoms with van der Waals surface area (Å²) in [5.74, 6) is 1.13. The highest BCUT2D eigenvalue weighted by Crippen LogP contribution is 2.11. The van der Waals surface area contributed by atoms with Gasteiger partial charge < -0.3 is 25.4 Å². The number of ether oxygens (including phenoxy) is 1. The summed E-state index contributed by atoms with van der Waals surface area (Å²) in [6.45, 7) is 12.5. The molecule has 0 heterocycles. The fourth-order valence-electron chi connectivity index (χ4n) is 2.25. The summed E-state index contributed by atoms with van der Waals surface area (Å²) >= 11 is 0. The molecule has 0 bridgehead atoms.